The number of amides is 1. The molecular weight excluding hydrogens is 332 g/mol. The monoisotopic (exact) mass is 350 g/mol. The topological polar surface area (TPSA) is 97.8 Å². The summed E-state index contributed by atoms with van der Waals surface area (Å²) in [7, 11) is 3.00. The molecule has 0 fully saturated rings. The van der Waals surface area contributed by atoms with Crippen LogP contribution in [0.15, 0.2) is 24.4 Å². The molecule has 0 radical (unpaired) electrons. The van der Waals surface area contributed by atoms with Gasteiger partial charge < -0.3 is 19.9 Å². The van der Waals surface area contributed by atoms with Crippen molar-refractivity contribution in [3.05, 3.63) is 39.8 Å². The van der Waals surface area contributed by atoms with Crippen LogP contribution in [0.3, 0.4) is 0 Å². The second kappa shape index (κ2) is 7.78. The molecule has 1 aromatic heterocycles. The van der Waals surface area contributed by atoms with Gasteiger partial charge in [-0.25, -0.2) is 4.98 Å². The van der Waals surface area contributed by atoms with Crippen molar-refractivity contribution in [2.45, 2.75) is 19.4 Å². The van der Waals surface area contributed by atoms with Crippen molar-refractivity contribution in [1.29, 1.82) is 0 Å². The fourth-order valence-corrected chi connectivity index (χ4v) is 2.90. The minimum absolute atomic E-state index is 0.272. The summed E-state index contributed by atoms with van der Waals surface area (Å²) in [6, 6.07) is 4.28. The standard InChI is InChI=1S/C16H18N2O5S/c1-9-17-8-14(24-9)16(21)18-12(7-15(19)20)11-5-4-10(22-2)6-13(11)23-3/h4-6,8,12H,7H2,1-3H3,(H,18,21)(H,19,20). The number of methoxy groups -OCH3 is 2. The highest BCUT2D eigenvalue weighted by Crippen LogP contribution is 2.31. The number of nitrogens with zero attached hydrogens (tertiary/aromatic N) is 1. The van der Waals surface area contributed by atoms with Gasteiger partial charge in [0.15, 0.2) is 0 Å². The quantitative estimate of drug-likeness (QED) is 0.796. The van der Waals surface area contributed by atoms with Gasteiger partial charge in [-0.05, 0) is 19.1 Å². The Bertz CT molecular complexity index is 744. The van der Waals surface area contributed by atoms with Crippen molar-refractivity contribution in [3.63, 3.8) is 0 Å². The molecule has 0 aliphatic rings. The summed E-state index contributed by atoms with van der Waals surface area (Å²) < 4.78 is 10.4. The Morgan fingerprint density at radius 2 is 2.08 bits per heavy atom. The largest absolute Gasteiger partial charge is 0.497 e. The van der Waals surface area contributed by atoms with Crippen LogP contribution in [0.5, 0.6) is 11.5 Å². The van der Waals surface area contributed by atoms with Gasteiger partial charge >= 0.3 is 5.97 Å². The number of aliphatic carboxylic acids is 1. The van der Waals surface area contributed by atoms with Crippen molar-refractivity contribution in [2.24, 2.45) is 0 Å². The Kier molecular flexibility index (Phi) is 5.75. The van der Waals surface area contributed by atoms with E-state index in [-0.39, 0.29) is 12.3 Å². The van der Waals surface area contributed by atoms with Gasteiger partial charge in [-0.3, -0.25) is 9.59 Å². The molecule has 1 unspecified atom stereocenters. The van der Waals surface area contributed by atoms with Gasteiger partial charge in [-0.2, -0.15) is 0 Å². The molecule has 128 valence electrons. The number of carbonyl (C=O) groups is 2. The minimum Gasteiger partial charge on any atom is -0.497 e. The molecule has 8 heteroatoms. The Hall–Kier alpha value is -2.61. The molecule has 0 aliphatic heterocycles. The van der Waals surface area contributed by atoms with Crippen LogP contribution in [0.25, 0.3) is 0 Å². The summed E-state index contributed by atoms with van der Waals surface area (Å²) in [5.41, 5.74) is 0.565. The molecular formula is C16H18N2O5S. The van der Waals surface area contributed by atoms with E-state index in [1.165, 1.54) is 31.8 Å². The summed E-state index contributed by atoms with van der Waals surface area (Å²) in [6.07, 6.45) is 1.20. The van der Waals surface area contributed by atoms with Gasteiger partial charge in [0.1, 0.15) is 16.4 Å². The van der Waals surface area contributed by atoms with Crippen molar-refractivity contribution >= 4 is 23.2 Å². The van der Waals surface area contributed by atoms with E-state index in [1.807, 2.05) is 0 Å². The van der Waals surface area contributed by atoms with Crippen LogP contribution in [0.1, 0.15) is 32.7 Å². The summed E-state index contributed by atoms with van der Waals surface area (Å²) in [6.45, 7) is 1.79. The molecule has 1 amide bonds. The van der Waals surface area contributed by atoms with Gasteiger partial charge in [0.05, 0.1) is 37.9 Å². The first kappa shape index (κ1) is 17.7. The van der Waals surface area contributed by atoms with Gasteiger partial charge in [0.2, 0.25) is 0 Å². The van der Waals surface area contributed by atoms with E-state index in [0.717, 1.165) is 5.01 Å². The lowest BCUT2D eigenvalue weighted by Gasteiger charge is -2.20. The van der Waals surface area contributed by atoms with E-state index in [9.17, 15) is 14.7 Å². The maximum Gasteiger partial charge on any atom is 0.305 e. The molecule has 1 heterocycles. The Labute approximate surface area is 143 Å². The number of aryl methyl sites for hydroxylation is 1. The van der Waals surface area contributed by atoms with Gasteiger partial charge in [0, 0.05) is 11.6 Å². The van der Waals surface area contributed by atoms with E-state index in [0.29, 0.717) is 21.9 Å². The minimum atomic E-state index is -1.03. The molecule has 0 bridgehead atoms. The molecule has 2 aromatic rings. The van der Waals surface area contributed by atoms with Gasteiger partial charge in [0.25, 0.3) is 5.91 Å². The van der Waals surface area contributed by atoms with Crippen LogP contribution in [0.4, 0.5) is 0 Å². The molecule has 1 atom stereocenters. The molecule has 24 heavy (non-hydrogen) atoms. The SMILES string of the molecule is COc1ccc(C(CC(=O)O)NC(=O)c2cnc(C)s2)c(OC)c1. The van der Waals surface area contributed by atoms with Crippen molar-refractivity contribution in [2.75, 3.05) is 14.2 Å². The lowest BCUT2D eigenvalue weighted by Crippen LogP contribution is -2.30. The molecule has 2 rings (SSSR count). The predicted molar refractivity (Wildman–Crippen MR) is 88.9 cm³/mol. The molecule has 2 N–H and O–H groups in total. The lowest BCUT2D eigenvalue weighted by molar-refractivity contribution is -0.137. The average molecular weight is 350 g/mol. The fourth-order valence-electron chi connectivity index (χ4n) is 2.22. The summed E-state index contributed by atoms with van der Waals surface area (Å²) >= 11 is 1.25. The summed E-state index contributed by atoms with van der Waals surface area (Å²) in [5, 5.41) is 12.7. The lowest BCUT2D eigenvalue weighted by atomic mass is 10.0. The predicted octanol–water partition coefficient (Wildman–Crippen LogP) is 2.41. The molecule has 7 nitrogen and oxygen atoms in total. The fraction of sp³-hybridized carbons (Fsp3) is 0.312. The Morgan fingerprint density at radius 1 is 1.33 bits per heavy atom. The first-order valence-electron chi connectivity index (χ1n) is 7.11. The van der Waals surface area contributed by atoms with Crippen LogP contribution < -0.4 is 14.8 Å². The second-order valence-corrected chi connectivity index (χ2v) is 6.21. The number of carbonyl (C=O) groups excluding carboxylic acids is 1. The maximum atomic E-state index is 12.3. The highest BCUT2D eigenvalue weighted by atomic mass is 32.1. The van der Waals surface area contributed by atoms with Crippen LogP contribution in [-0.4, -0.2) is 36.2 Å². The number of benzene rings is 1. The zero-order valence-corrected chi connectivity index (χ0v) is 14.3. The van der Waals surface area contributed by atoms with Crippen LogP contribution in [0.2, 0.25) is 0 Å². The summed E-state index contributed by atoms with van der Waals surface area (Å²) in [4.78, 5) is 28.0. The first-order valence-corrected chi connectivity index (χ1v) is 7.93. The Balaban J connectivity index is 2.31. The van der Waals surface area contributed by atoms with E-state index in [1.54, 1.807) is 25.1 Å². The molecule has 0 aliphatic carbocycles. The summed E-state index contributed by atoms with van der Waals surface area (Å²) in [5.74, 6) is -0.376. The number of hydrogen-bond acceptors (Lipinski definition) is 6. The molecule has 1 aromatic carbocycles. The number of rotatable bonds is 7. The zero-order chi connectivity index (χ0) is 17.7. The zero-order valence-electron chi connectivity index (χ0n) is 13.5. The van der Waals surface area contributed by atoms with E-state index >= 15 is 0 Å². The third kappa shape index (κ3) is 4.23. The molecule has 0 saturated heterocycles. The van der Waals surface area contributed by atoms with E-state index in [4.69, 9.17) is 9.47 Å². The third-order valence-corrected chi connectivity index (χ3v) is 4.26. The Morgan fingerprint density at radius 3 is 2.62 bits per heavy atom. The van der Waals surface area contributed by atoms with E-state index in [2.05, 4.69) is 10.3 Å². The smallest absolute Gasteiger partial charge is 0.305 e. The van der Waals surface area contributed by atoms with Crippen LogP contribution >= 0.6 is 11.3 Å². The third-order valence-electron chi connectivity index (χ3n) is 3.35. The number of carboxylic acid groups (broad SMARTS) is 1. The second-order valence-electron chi connectivity index (χ2n) is 4.98. The van der Waals surface area contributed by atoms with Gasteiger partial charge in [-0.15, -0.1) is 11.3 Å². The number of aromatic nitrogens is 1. The van der Waals surface area contributed by atoms with Crippen molar-refractivity contribution in [3.8, 4) is 11.5 Å². The maximum absolute atomic E-state index is 12.3. The normalized spacial score (nSPS) is 11.6. The van der Waals surface area contributed by atoms with Crippen LogP contribution in [0, 0.1) is 6.92 Å². The molecule has 0 saturated carbocycles. The van der Waals surface area contributed by atoms with Crippen molar-refractivity contribution in [1.82, 2.24) is 10.3 Å². The number of hydrogen-bond donors (Lipinski definition) is 2. The number of carboxylic acids is 1. The van der Waals surface area contributed by atoms with Crippen LogP contribution in [-0.2, 0) is 4.79 Å². The van der Waals surface area contributed by atoms with Crippen molar-refractivity contribution < 1.29 is 24.2 Å². The average Bonchev–Trinajstić information content (AvgIpc) is 2.99. The molecule has 0 spiro atoms. The number of nitrogens with one attached hydrogen (secondary N) is 1. The van der Waals surface area contributed by atoms with E-state index < -0.39 is 12.0 Å². The number of ether oxygens (including phenoxy) is 2. The number of thiazole rings is 1. The highest BCUT2D eigenvalue weighted by molar-refractivity contribution is 7.13. The van der Waals surface area contributed by atoms with Gasteiger partial charge in [-0.1, -0.05) is 0 Å². The highest BCUT2D eigenvalue weighted by Gasteiger charge is 2.23. The first-order chi connectivity index (χ1) is 11.4.